The molecule has 18 heavy (non-hydrogen) atoms. The fraction of sp³-hybridized carbons (Fsp3) is 0.353. The molecule has 1 heteroatoms. The average Bonchev–Trinajstić information content (AvgIpc) is 2.43. The van der Waals surface area contributed by atoms with Gasteiger partial charge in [0.05, 0.1) is 0 Å². The molecule has 0 bridgehead atoms. The van der Waals surface area contributed by atoms with Crippen molar-refractivity contribution in [1.82, 2.24) is 0 Å². The molecular weight excluding hydrogens is 220 g/mol. The highest BCUT2D eigenvalue weighted by Crippen LogP contribution is 2.52. The molecule has 3 rings (SSSR count). The van der Waals surface area contributed by atoms with Gasteiger partial charge in [-0.25, -0.2) is 0 Å². The van der Waals surface area contributed by atoms with Gasteiger partial charge in [0.25, 0.3) is 0 Å². The lowest BCUT2D eigenvalue weighted by atomic mass is 9.56. The van der Waals surface area contributed by atoms with E-state index >= 15 is 0 Å². The first-order valence-corrected chi connectivity index (χ1v) is 6.67. The second-order valence-electron chi connectivity index (χ2n) is 5.56. The van der Waals surface area contributed by atoms with E-state index in [4.69, 9.17) is 0 Å². The number of fused-ring (bicyclic) bond motifs is 1. The quantitative estimate of drug-likeness (QED) is 0.761. The van der Waals surface area contributed by atoms with Gasteiger partial charge in [0.15, 0.2) is 0 Å². The summed E-state index contributed by atoms with van der Waals surface area (Å²) < 4.78 is 0. The molecule has 1 nitrogen and oxygen atoms in total. The normalized spacial score (nSPS) is 27.2. The molecule has 92 valence electrons. The van der Waals surface area contributed by atoms with Crippen molar-refractivity contribution >= 4 is 16.6 Å². The number of hydrogen-bond donors (Lipinski definition) is 0. The van der Waals surface area contributed by atoms with Gasteiger partial charge < -0.3 is 0 Å². The maximum Gasteiger partial charge on any atom is 0.140 e. The lowest BCUT2D eigenvalue weighted by Crippen LogP contribution is -2.45. The summed E-state index contributed by atoms with van der Waals surface area (Å²) >= 11 is 0. The molecule has 1 saturated carbocycles. The third-order valence-corrected chi connectivity index (χ3v) is 4.71. The Morgan fingerprint density at radius 2 is 1.89 bits per heavy atom. The van der Waals surface area contributed by atoms with Crippen molar-refractivity contribution < 1.29 is 4.79 Å². The van der Waals surface area contributed by atoms with E-state index in [9.17, 15) is 4.79 Å². The van der Waals surface area contributed by atoms with Crippen LogP contribution in [-0.2, 0) is 4.79 Å². The molecule has 2 aromatic carbocycles. The maximum atomic E-state index is 11.8. The summed E-state index contributed by atoms with van der Waals surface area (Å²) in [5, 5.41) is 2.54. The zero-order valence-corrected chi connectivity index (χ0v) is 10.9. The molecule has 0 saturated heterocycles. The summed E-state index contributed by atoms with van der Waals surface area (Å²) in [6.45, 7) is 4.23. The van der Waals surface area contributed by atoms with Crippen molar-refractivity contribution in [2.75, 3.05) is 0 Å². The number of ketones is 1. The van der Waals surface area contributed by atoms with Crippen LogP contribution in [0, 0.1) is 5.41 Å². The Morgan fingerprint density at radius 1 is 1.17 bits per heavy atom. The summed E-state index contributed by atoms with van der Waals surface area (Å²) in [5.74, 6) is 0.822. The van der Waals surface area contributed by atoms with Gasteiger partial charge in [-0.2, -0.15) is 0 Å². The number of carbonyl (C=O) groups is 1. The molecule has 2 atom stereocenters. The smallest absolute Gasteiger partial charge is 0.140 e. The van der Waals surface area contributed by atoms with Crippen LogP contribution in [0.2, 0.25) is 0 Å². The highest BCUT2D eigenvalue weighted by Gasteiger charge is 2.49. The van der Waals surface area contributed by atoms with E-state index in [1.807, 2.05) is 0 Å². The van der Waals surface area contributed by atoms with Gasteiger partial charge >= 0.3 is 0 Å². The standard InChI is InChI=1S/C17H18O/c1-3-17(2)15(11-16(17)18)14-9-8-12-6-4-5-7-13(12)10-14/h4-10,15H,3,11H2,1-2H3. The Labute approximate surface area is 108 Å². The lowest BCUT2D eigenvalue weighted by Gasteiger charge is -2.45. The van der Waals surface area contributed by atoms with Crippen LogP contribution in [0.4, 0.5) is 0 Å². The minimum Gasteiger partial charge on any atom is -0.299 e. The second kappa shape index (κ2) is 3.94. The Kier molecular flexibility index (Phi) is 2.51. The minimum absolute atomic E-state index is 0.136. The molecule has 0 aliphatic heterocycles. The molecule has 0 heterocycles. The molecule has 2 aromatic rings. The zero-order chi connectivity index (χ0) is 12.8. The van der Waals surface area contributed by atoms with Gasteiger partial charge in [-0.3, -0.25) is 4.79 Å². The predicted octanol–water partition coefficient (Wildman–Crippen LogP) is 4.31. The van der Waals surface area contributed by atoms with Crippen molar-refractivity contribution in [3.63, 3.8) is 0 Å². The Hall–Kier alpha value is -1.63. The van der Waals surface area contributed by atoms with E-state index in [2.05, 4.69) is 56.3 Å². The number of hydrogen-bond acceptors (Lipinski definition) is 1. The topological polar surface area (TPSA) is 17.1 Å². The molecule has 0 radical (unpaired) electrons. The third kappa shape index (κ3) is 1.50. The number of Topliss-reactive ketones (excluding diaryl/α,β-unsaturated/α-hetero) is 1. The van der Waals surface area contributed by atoms with Crippen LogP contribution in [0.3, 0.4) is 0 Å². The lowest BCUT2D eigenvalue weighted by molar-refractivity contribution is -0.139. The van der Waals surface area contributed by atoms with E-state index in [0.29, 0.717) is 18.1 Å². The van der Waals surface area contributed by atoms with Crippen LogP contribution in [0.5, 0.6) is 0 Å². The van der Waals surface area contributed by atoms with E-state index < -0.39 is 0 Å². The predicted molar refractivity (Wildman–Crippen MR) is 74.7 cm³/mol. The molecule has 0 aromatic heterocycles. The highest BCUT2D eigenvalue weighted by atomic mass is 16.1. The summed E-state index contributed by atoms with van der Waals surface area (Å²) in [7, 11) is 0. The number of rotatable bonds is 2. The summed E-state index contributed by atoms with van der Waals surface area (Å²) in [6, 6.07) is 15.0. The first-order chi connectivity index (χ1) is 8.65. The van der Waals surface area contributed by atoms with Gasteiger partial charge in [0.2, 0.25) is 0 Å². The molecular formula is C17H18O. The van der Waals surface area contributed by atoms with E-state index in [1.165, 1.54) is 16.3 Å². The van der Waals surface area contributed by atoms with Gasteiger partial charge in [0, 0.05) is 17.8 Å². The second-order valence-corrected chi connectivity index (χ2v) is 5.56. The number of carbonyl (C=O) groups excluding carboxylic acids is 1. The molecule has 1 aliphatic rings. The van der Waals surface area contributed by atoms with Crippen molar-refractivity contribution in [2.45, 2.75) is 32.6 Å². The largest absolute Gasteiger partial charge is 0.299 e. The van der Waals surface area contributed by atoms with Crippen molar-refractivity contribution in [3.05, 3.63) is 48.0 Å². The van der Waals surface area contributed by atoms with Gasteiger partial charge in [-0.15, -0.1) is 0 Å². The van der Waals surface area contributed by atoms with E-state index in [1.54, 1.807) is 0 Å². The maximum absolute atomic E-state index is 11.8. The monoisotopic (exact) mass is 238 g/mol. The Bertz CT molecular complexity index is 614. The number of benzene rings is 2. The molecule has 0 N–H and O–H groups in total. The van der Waals surface area contributed by atoms with Gasteiger partial charge in [-0.05, 0) is 22.8 Å². The molecule has 0 spiro atoms. The first kappa shape index (κ1) is 11.5. The SMILES string of the molecule is CCC1(C)C(=O)CC1c1ccc2ccccc2c1. The van der Waals surface area contributed by atoms with Gasteiger partial charge in [-0.1, -0.05) is 56.3 Å². The summed E-state index contributed by atoms with van der Waals surface area (Å²) in [5.41, 5.74) is 1.18. The molecule has 2 unspecified atom stereocenters. The zero-order valence-electron chi connectivity index (χ0n) is 10.9. The minimum atomic E-state index is -0.136. The summed E-state index contributed by atoms with van der Waals surface area (Å²) in [6.07, 6.45) is 1.64. The van der Waals surface area contributed by atoms with Crippen LogP contribution >= 0.6 is 0 Å². The average molecular weight is 238 g/mol. The van der Waals surface area contributed by atoms with Crippen LogP contribution in [0.15, 0.2) is 42.5 Å². The highest BCUT2D eigenvalue weighted by molar-refractivity contribution is 5.93. The van der Waals surface area contributed by atoms with Crippen molar-refractivity contribution in [2.24, 2.45) is 5.41 Å². The van der Waals surface area contributed by atoms with Crippen molar-refractivity contribution in [1.29, 1.82) is 0 Å². The first-order valence-electron chi connectivity index (χ1n) is 6.67. The fourth-order valence-corrected chi connectivity index (χ4v) is 3.06. The Morgan fingerprint density at radius 3 is 2.56 bits per heavy atom. The van der Waals surface area contributed by atoms with E-state index in [0.717, 1.165) is 6.42 Å². The van der Waals surface area contributed by atoms with Crippen LogP contribution in [0.25, 0.3) is 10.8 Å². The summed E-state index contributed by atoms with van der Waals surface area (Å²) in [4.78, 5) is 11.8. The van der Waals surface area contributed by atoms with Crippen LogP contribution < -0.4 is 0 Å². The third-order valence-electron chi connectivity index (χ3n) is 4.71. The molecule has 0 amide bonds. The Balaban J connectivity index is 2.03. The fourth-order valence-electron chi connectivity index (χ4n) is 3.06. The van der Waals surface area contributed by atoms with Crippen LogP contribution in [-0.4, -0.2) is 5.78 Å². The van der Waals surface area contributed by atoms with E-state index in [-0.39, 0.29) is 5.41 Å². The molecule has 1 fully saturated rings. The molecule has 1 aliphatic carbocycles. The van der Waals surface area contributed by atoms with Gasteiger partial charge in [0.1, 0.15) is 5.78 Å². The van der Waals surface area contributed by atoms with Crippen LogP contribution in [0.1, 0.15) is 38.2 Å². The van der Waals surface area contributed by atoms with Crippen molar-refractivity contribution in [3.8, 4) is 0 Å².